The lowest BCUT2D eigenvalue weighted by atomic mass is 10.1. The molecule has 0 saturated heterocycles. The minimum Gasteiger partial charge on any atom is -0.493 e. The summed E-state index contributed by atoms with van der Waals surface area (Å²) in [6, 6.07) is 6.18. The topological polar surface area (TPSA) is 91.8 Å². The molecule has 1 aromatic rings. The molecule has 0 aliphatic heterocycles. The summed E-state index contributed by atoms with van der Waals surface area (Å²) in [5.74, 6) is 2.20. The third-order valence-corrected chi connectivity index (χ3v) is 4.67. The molecule has 0 heterocycles. The molecule has 29 heavy (non-hydrogen) atoms. The molecule has 168 valence electrons. The quantitative estimate of drug-likeness (QED) is 0.164. The van der Waals surface area contributed by atoms with E-state index in [0.29, 0.717) is 44.5 Å². The molecule has 3 N–H and O–H groups in total. The zero-order chi connectivity index (χ0) is 21.0. The summed E-state index contributed by atoms with van der Waals surface area (Å²) in [5, 5.41) is 6.44. The summed E-state index contributed by atoms with van der Waals surface area (Å²) in [7, 11) is -3.14. The van der Waals surface area contributed by atoms with Crippen molar-refractivity contribution in [3.05, 3.63) is 29.3 Å². The molecule has 0 aliphatic rings. The standard InChI is InChI=1S/C20H36N4O3S.HI/c1-6-21-20(22-11-7-12-24-28(5,25)26)23-15-18-9-8-17(4)14-19(18)27-13-10-16(2)3;/h8-9,14,16,24H,6-7,10-13,15H2,1-5H3,(H2,21,22,23);1H. The van der Waals surface area contributed by atoms with Crippen molar-refractivity contribution in [1.82, 2.24) is 15.4 Å². The van der Waals surface area contributed by atoms with Crippen molar-refractivity contribution >= 4 is 40.0 Å². The average molecular weight is 541 g/mol. The molecule has 0 fully saturated rings. The number of guanidine groups is 1. The monoisotopic (exact) mass is 540 g/mol. The fourth-order valence-electron chi connectivity index (χ4n) is 2.39. The van der Waals surface area contributed by atoms with E-state index < -0.39 is 10.0 Å². The van der Waals surface area contributed by atoms with Crippen molar-refractivity contribution in [3.8, 4) is 5.75 Å². The Labute approximate surface area is 193 Å². The van der Waals surface area contributed by atoms with Crippen LogP contribution in [0.4, 0.5) is 0 Å². The molecule has 1 rings (SSSR count). The molecule has 9 heteroatoms. The number of aliphatic imine (C=N–C) groups is 1. The normalized spacial score (nSPS) is 11.9. The fraction of sp³-hybridized carbons (Fsp3) is 0.650. The van der Waals surface area contributed by atoms with Crippen LogP contribution in [0.1, 0.15) is 44.7 Å². The summed E-state index contributed by atoms with van der Waals surface area (Å²) < 4.78 is 30.6. The molecule has 0 saturated carbocycles. The van der Waals surface area contributed by atoms with Gasteiger partial charge in [0.1, 0.15) is 5.75 Å². The van der Waals surface area contributed by atoms with Gasteiger partial charge in [-0.3, -0.25) is 0 Å². The SMILES string of the molecule is CCNC(=NCc1ccc(C)cc1OCCC(C)C)NCCCNS(C)(=O)=O.I. The molecular formula is C20H37IN4O3S. The number of rotatable bonds is 12. The number of benzene rings is 1. The minimum atomic E-state index is -3.14. The van der Waals surface area contributed by atoms with Crippen LogP contribution in [0.15, 0.2) is 23.2 Å². The summed E-state index contributed by atoms with van der Waals surface area (Å²) in [6.45, 7) is 11.4. The lowest BCUT2D eigenvalue weighted by molar-refractivity contribution is 0.287. The van der Waals surface area contributed by atoms with Crippen LogP contribution >= 0.6 is 24.0 Å². The number of aryl methyl sites for hydroxylation is 1. The minimum absolute atomic E-state index is 0. The second-order valence-electron chi connectivity index (χ2n) is 7.28. The van der Waals surface area contributed by atoms with E-state index in [9.17, 15) is 8.42 Å². The van der Waals surface area contributed by atoms with Gasteiger partial charge >= 0.3 is 0 Å². The molecule has 0 spiro atoms. The Morgan fingerprint density at radius 3 is 2.55 bits per heavy atom. The predicted molar refractivity (Wildman–Crippen MR) is 132 cm³/mol. The van der Waals surface area contributed by atoms with E-state index in [-0.39, 0.29) is 24.0 Å². The van der Waals surface area contributed by atoms with Gasteiger partial charge in [0.15, 0.2) is 5.96 Å². The van der Waals surface area contributed by atoms with Crippen molar-refractivity contribution in [3.63, 3.8) is 0 Å². The first-order valence-electron chi connectivity index (χ1n) is 9.90. The third-order valence-electron chi connectivity index (χ3n) is 3.94. The predicted octanol–water partition coefficient (Wildman–Crippen LogP) is 3.03. The molecule has 0 aliphatic carbocycles. The summed E-state index contributed by atoms with van der Waals surface area (Å²) >= 11 is 0. The van der Waals surface area contributed by atoms with Gasteiger partial charge in [0.05, 0.1) is 19.4 Å². The van der Waals surface area contributed by atoms with Crippen molar-refractivity contribution in [2.24, 2.45) is 10.9 Å². The number of halogens is 1. The Morgan fingerprint density at radius 1 is 1.21 bits per heavy atom. The van der Waals surface area contributed by atoms with Gasteiger partial charge in [-0.1, -0.05) is 26.0 Å². The number of hydrogen-bond acceptors (Lipinski definition) is 4. The van der Waals surface area contributed by atoms with Gasteiger partial charge in [0.2, 0.25) is 10.0 Å². The number of sulfonamides is 1. The van der Waals surface area contributed by atoms with Gasteiger partial charge in [0.25, 0.3) is 0 Å². The Hall–Kier alpha value is -1.07. The van der Waals surface area contributed by atoms with E-state index in [4.69, 9.17) is 4.74 Å². The Morgan fingerprint density at radius 2 is 1.93 bits per heavy atom. The van der Waals surface area contributed by atoms with E-state index in [0.717, 1.165) is 36.1 Å². The third kappa shape index (κ3) is 13.7. The molecule has 0 bridgehead atoms. The van der Waals surface area contributed by atoms with Gasteiger partial charge in [0, 0.05) is 25.2 Å². The van der Waals surface area contributed by atoms with Crippen LogP contribution in [-0.4, -0.2) is 46.9 Å². The van der Waals surface area contributed by atoms with Gasteiger partial charge < -0.3 is 15.4 Å². The highest BCUT2D eigenvalue weighted by Gasteiger charge is 2.06. The van der Waals surface area contributed by atoms with Crippen molar-refractivity contribution < 1.29 is 13.2 Å². The van der Waals surface area contributed by atoms with Gasteiger partial charge in [-0.25, -0.2) is 18.1 Å². The van der Waals surface area contributed by atoms with E-state index >= 15 is 0 Å². The number of ether oxygens (including phenoxy) is 1. The highest BCUT2D eigenvalue weighted by molar-refractivity contribution is 14.0. The zero-order valence-corrected chi connectivity index (χ0v) is 21.4. The highest BCUT2D eigenvalue weighted by Crippen LogP contribution is 2.22. The van der Waals surface area contributed by atoms with Crippen LogP contribution in [-0.2, 0) is 16.6 Å². The molecule has 0 radical (unpaired) electrons. The average Bonchev–Trinajstić information content (AvgIpc) is 2.59. The first-order chi connectivity index (χ1) is 13.2. The van der Waals surface area contributed by atoms with Crippen LogP contribution in [0.3, 0.4) is 0 Å². The second-order valence-corrected chi connectivity index (χ2v) is 9.12. The van der Waals surface area contributed by atoms with Crippen LogP contribution in [0.2, 0.25) is 0 Å². The van der Waals surface area contributed by atoms with Crippen molar-refractivity contribution in [1.29, 1.82) is 0 Å². The molecular weight excluding hydrogens is 503 g/mol. The molecule has 1 aromatic carbocycles. The Kier molecular flexibility index (Phi) is 14.3. The number of hydrogen-bond donors (Lipinski definition) is 3. The molecule has 0 unspecified atom stereocenters. The summed E-state index contributed by atoms with van der Waals surface area (Å²) in [5.41, 5.74) is 2.21. The molecule has 0 aromatic heterocycles. The van der Waals surface area contributed by atoms with Gasteiger partial charge in [-0.05, 0) is 44.2 Å². The molecule has 7 nitrogen and oxygen atoms in total. The zero-order valence-electron chi connectivity index (χ0n) is 18.2. The number of nitrogens with one attached hydrogen (secondary N) is 3. The highest BCUT2D eigenvalue weighted by atomic mass is 127. The maximum atomic E-state index is 11.1. The van der Waals surface area contributed by atoms with Crippen molar-refractivity contribution in [2.75, 3.05) is 32.5 Å². The lowest BCUT2D eigenvalue weighted by Gasteiger charge is -2.14. The van der Waals surface area contributed by atoms with E-state index in [1.165, 1.54) is 0 Å². The molecule has 0 amide bonds. The van der Waals surface area contributed by atoms with Gasteiger partial charge in [-0.15, -0.1) is 24.0 Å². The first kappa shape index (κ1) is 27.9. The smallest absolute Gasteiger partial charge is 0.208 e. The van der Waals surface area contributed by atoms with Crippen LogP contribution < -0.4 is 20.1 Å². The van der Waals surface area contributed by atoms with Gasteiger partial charge in [-0.2, -0.15) is 0 Å². The maximum absolute atomic E-state index is 11.1. The largest absolute Gasteiger partial charge is 0.493 e. The molecule has 0 atom stereocenters. The van der Waals surface area contributed by atoms with Crippen LogP contribution in [0.5, 0.6) is 5.75 Å². The Bertz CT molecular complexity index is 724. The first-order valence-corrected chi connectivity index (χ1v) is 11.8. The van der Waals surface area contributed by atoms with E-state index in [2.05, 4.69) is 59.3 Å². The maximum Gasteiger partial charge on any atom is 0.208 e. The second kappa shape index (κ2) is 14.8. The van der Waals surface area contributed by atoms with Crippen LogP contribution in [0.25, 0.3) is 0 Å². The summed E-state index contributed by atoms with van der Waals surface area (Å²) in [6.07, 6.45) is 2.85. The fourth-order valence-corrected chi connectivity index (χ4v) is 2.91. The van der Waals surface area contributed by atoms with Crippen molar-refractivity contribution in [2.45, 2.75) is 47.1 Å². The van der Waals surface area contributed by atoms with Crippen LogP contribution in [0, 0.1) is 12.8 Å². The lowest BCUT2D eigenvalue weighted by Crippen LogP contribution is -2.38. The van der Waals surface area contributed by atoms with E-state index in [1.54, 1.807) is 0 Å². The summed E-state index contributed by atoms with van der Waals surface area (Å²) in [4.78, 5) is 4.64. The van der Waals surface area contributed by atoms with E-state index in [1.807, 2.05) is 6.92 Å². The Balaban J connectivity index is 0.00000784. The number of nitrogens with zero attached hydrogens (tertiary/aromatic N) is 1.